The molecule has 0 amide bonds. The van der Waals surface area contributed by atoms with Crippen molar-refractivity contribution in [2.45, 2.75) is 32.6 Å². The normalized spacial score (nSPS) is 10.4. The third kappa shape index (κ3) is 6.81. The zero-order valence-corrected chi connectivity index (χ0v) is 11.9. The first-order chi connectivity index (χ1) is 9.26. The van der Waals surface area contributed by atoms with Crippen LogP contribution in [0, 0.1) is 0 Å². The van der Waals surface area contributed by atoms with Gasteiger partial charge in [-0.25, -0.2) is 0 Å². The zero-order chi connectivity index (χ0) is 13.9. The van der Waals surface area contributed by atoms with Crippen LogP contribution in [-0.4, -0.2) is 36.8 Å². The van der Waals surface area contributed by atoms with Crippen LogP contribution in [0.2, 0.25) is 0 Å². The van der Waals surface area contributed by atoms with Crippen molar-refractivity contribution in [1.82, 2.24) is 9.97 Å². The van der Waals surface area contributed by atoms with E-state index in [1.807, 2.05) is 6.07 Å². The van der Waals surface area contributed by atoms with Crippen molar-refractivity contribution >= 4 is 17.6 Å². The highest BCUT2D eigenvalue weighted by Gasteiger charge is 2.01. The minimum absolute atomic E-state index is 0.294. The van der Waals surface area contributed by atoms with Gasteiger partial charge >= 0.3 is 0 Å². The molecule has 1 heterocycles. The van der Waals surface area contributed by atoms with Crippen LogP contribution in [0.25, 0.3) is 0 Å². The average Bonchev–Trinajstić information content (AvgIpc) is 2.40. The van der Waals surface area contributed by atoms with E-state index in [2.05, 4.69) is 27.5 Å². The first-order valence-electron chi connectivity index (χ1n) is 6.87. The number of unbranched alkanes of at least 4 members (excludes halogenated alkanes) is 2. The first kappa shape index (κ1) is 15.5. The molecular formula is C13H25N5O. The molecule has 19 heavy (non-hydrogen) atoms. The Kier molecular flexibility index (Phi) is 7.65. The van der Waals surface area contributed by atoms with Crippen LogP contribution in [0.1, 0.15) is 32.6 Å². The summed E-state index contributed by atoms with van der Waals surface area (Å²) in [7, 11) is 1.73. The Morgan fingerprint density at radius 3 is 2.42 bits per heavy atom. The summed E-state index contributed by atoms with van der Waals surface area (Å²) in [4.78, 5) is 8.31. The van der Waals surface area contributed by atoms with E-state index in [-0.39, 0.29) is 0 Å². The highest BCUT2D eigenvalue weighted by atomic mass is 16.5. The molecule has 1 rings (SSSR count). The summed E-state index contributed by atoms with van der Waals surface area (Å²) < 4.78 is 5.01. The number of hydrogen-bond acceptors (Lipinski definition) is 6. The van der Waals surface area contributed by atoms with Gasteiger partial charge in [-0.2, -0.15) is 9.97 Å². The molecule has 1 aromatic rings. The number of aromatic nitrogens is 2. The lowest BCUT2D eigenvalue weighted by Gasteiger charge is -2.09. The molecule has 108 valence electrons. The molecule has 0 bridgehead atoms. The molecule has 0 aliphatic rings. The SMILES string of the molecule is CCCNc1cc(NCCCCCOC)nc(N)n1. The number of methoxy groups -OCH3 is 1. The number of rotatable bonds is 10. The molecule has 6 heteroatoms. The number of nitrogens with one attached hydrogen (secondary N) is 2. The Hall–Kier alpha value is -1.56. The molecular weight excluding hydrogens is 242 g/mol. The number of anilines is 3. The van der Waals surface area contributed by atoms with Crippen LogP contribution in [0.5, 0.6) is 0 Å². The lowest BCUT2D eigenvalue weighted by Crippen LogP contribution is -2.09. The van der Waals surface area contributed by atoms with Crippen LogP contribution in [0.15, 0.2) is 6.07 Å². The fourth-order valence-electron chi connectivity index (χ4n) is 1.66. The summed E-state index contributed by atoms with van der Waals surface area (Å²) >= 11 is 0. The number of hydrogen-bond donors (Lipinski definition) is 3. The smallest absolute Gasteiger partial charge is 0.223 e. The van der Waals surface area contributed by atoms with Crippen LogP contribution >= 0.6 is 0 Å². The maximum absolute atomic E-state index is 5.68. The third-order valence-electron chi connectivity index (χ3n) is 2.63. The molecule has 0 aliphatic carbocycles. The summed E-state index contributed by atoms with van der Waals surface area (Å²) in [5.41, 5.74) is 5.68. The van der Waals surface area contributed by atoms with Crippen molar-refractivity contribution in [3.63, 3.8) is 0 Å². The van der Waals surface area contributed by atoms with Gasteiger partial charge < -0.3 is 21.1 Å². The molecule has 0 spiro atoms. The monoisotopic (exact) mass is 267 g/mol. The van der Waals surface area contributed by atoms with E-state index >= 15 is 0 Å². The first-order valence-corrected chi connectivity index (χ1v) is 6.87. The molecule has 0 aromatic carbocycles. The molecule has 6 nitrogen and oxygen atoms in total. The van der Waals surface area contributed by atoms with Crippen molar-refractivity contribution < 1.29 is 4.74 Å². The fraction of sp³-hybridized carbons (Fsp3) is 0.692. The molecule has 0 saturated carbocycles. The Morgan fingerprint density at radius 1 is 1.11 bits per heavy atom. The second kappa shape index (κ2) is 9.38. The quantitative estimate of drug-likeness (QED) is 0.563. The third-order valence-corrected chi connectivity index (χ3v) is 2.63. The van der Waals surface area contributed by atoms with E-state index in [0.717, 1.165) is 57.0 Å². The highest BCUT2D eigenvalue weighted by Crippen LogP contribution is 2.12. The van der Waals surface area contributed by atoms with Crippen LogP contribution < -0.4 is 16.4 Å². The summed E-state index contributed by atoms with van der Waals surface area (Å²) in [6, 6.07) is 1.89. The van der Waals surface area contributed by atoms with E-state index in [1.165, 1.54) is 0 Å². The topological polar surface area (TPSA) is 85.1 Å². The summed E-state index contributed by atoms with van der Waals surface area (Å²) in [6.45, 7) is 4.70. The standard InChI is InChI=1S/C13H25N5O/c1-3-7-15-11-10-12(18-13(14)17-11)16-8-5-4-6-9-19-2/h10H,3-9H2,1-2H3,(H4,14,15,16,17,18). The maximum Gasteiger partial charge on any atom is 0.223 e. The van der Waals surface area contributed by atoms with Crippen LogP contribution in [0.4, 0.5) is 17.6 Å². The lowest BCUT2D eigenvalue weighted by molar-refractivity contribution is 0.192. The number of nitrogen functional groups attached to an aromatic ring is 1. The lowest BCUT2D eigenvalue weighted by atomic mass is 10.2. The summed E-state index contributed by atoms with van der Waals surface area (Å²) in [5, 5.41) is 6.47. The Labute approximate surface area is 115 Å². The van der Waals surface area contributed by atoms with E-state index in [4.69, 9.17) is 10.5 Å². The van der Waals surface area contributed by atoms with Gasteiger partial charge in [-0.05, 0) is 25.7 Å². The van der Waals surface area contributed by atoms with E-state index < -0.39 is 0 Å². The van der Waals surface area contributed by atoms with Gasteiger partial charge in [-0.15, -0.1) is 0 Å². The highest BCUT2D eigenvalue weighted by molar-refractivity contribution is 5.50. The number of ether oxygens (including phenoxy) is 1. The van der Waals surface area contributed by atoms with Crippen molar-refractivity contribution in [2.24, 2.45) is 0 Å². The molecule has 4 N–H and O–H groups in total. The Balaban J connectivity index is 2.34. The Bertz CT molecular complexity index is 359. The van der Waals surface area contributed by atoms with Gasteiger partial charge in [0.05, 0.1) is 0 Å². The summed E-state index contributed by atoms with van der Waals surface area (Å²) in [5.74, 6) is 1.84. The van der Waals surface area contributed by atoms with E-state index in [1.54, 1.807) is 7.11 Å². The second-order valence-corrected chi connectivity index (χ2v) is 4.40. The van der Waals surface area contributed by atoms with Crippen molar-refractivity contribution in [2.75, 3.05) is 43.2 Å². The molecule has 0 unspecified atom stereocenters. The minimum atomic E-state index is 0.294. The predicted molar refractivity (Wildman–Crippen MR) is 79.4 cm³/mol. The maximum atomic E-state index is 5.68. The van der Waals surface area contributed by atoms with E-state index in [9.17, 15) is 0 Å². The molecule has 0 radical (unpaired) electrons. The van der Waals surface area contributed by atoms with Gasteiger partial charge in [0.2, 0.25) is 5.95 Å². The van der Waals surface area contributed by atoms with Gasteiger partial charge in [0.25, 0.3) is 0 Å². The average molecular weight is 267 g/mol. The van der Waals surface area contributed by atoms with Crippen LogP contribution in [0.3, 0.4) is 0 Å². The van der Waals surface area contributed by atoms with Gasteiger partial charge in [-0.1, -0.05) is 6.92 Å². The second-order valence-electron chi connectivity index (χ2n) is 4.40. The minimum Gasteiger partial charge on any atom is -0.385 e. The van der Waals surface area contributed by atoms with Gasteiger partial charge in [0.1, 0.15) is 11.6 Å². The van der Waals surface area contributed by atoms with E-state index in [0.29, 0.717) is 5.95 Å². The summed E-state index contributed by atoms with van der Waals surface area (Å²) in [6.07, 6.45) is 4.37. The Morgan fingerprint density at radius 2 is 1.79 bits per heavy atom. The van der Waals surface area contributed by atoms with Crippen LogP contribution in [-0.2, 0) is 4.74 Å². The van der Waals surface area contributed by atoms with Crippen molar-refractivity contribution in [3.05, 3.63) is 6.07 Å². The van der Waals surface area contributed by atoms with Crippen molar-refractivity contribution in [1.29, 1.82) is 0 Å². The van der Waals surface area contributed by atoms with Gasteiger partial charge in [0.15, 0.2) is 0 Å². The molecule has 1 aromatic heterocycles. The fourth-order valence-corrected chi connectivity index (χ4v) is 1.66. The molecule has 0 atom stereocenters. The number of nitrogens with two attached hydrogens (primary N) is 1. The zero-order valence-electron chi connectivity index (χ0n) is 11.9. The molecule has 0 fully saturated rings. The number of nitrogens with zero attached hydrogens (tertiary/aromatic N) is 2. The predicted octanol–water partition coefficient (Wildman–Crippen LogP) is 2.11. The largest absolute Gasteiger partial charge is 0.385 e. The van der Waals surface area contributed by atoms with Gasteiger partial charge in [0, 0.05) is 32.9 Å². The van der Waals surface area contributed by atoms with Gasteiger partial charge in [-0.3, -0.25) is 0 Å². The van der Waals surface area contributed by atoms with Crippen molar-refractivity contribution in [3.8, 4) is 0 Å². The molecule has 0 saturated heterocycles. The molecule has 0 aliphatic heterocycles.